The standard InChI is InChI=1S/C18H16F2N2O3/c1-25-16-10-12(5-7-15(16)22-8-2-3-17(22)23)21-18(24)11-4-6-13(19)14(20)9-11/h4-7,9-10H,2-3,8H2,1H3,(H,21,24). The summed E-state index contributed by atoms with van der Waals surface area (Å²) in [7, 11) is 1.47. The molecular weight excluding hydrogens is 330 g/mol. The van der Waals surface area contributed by atoms with Gasteiger partial charge in [0, 0.05) is 30.3 Å². The van der Waals surface area contributed by atoms with Crippen LogP contribution in [-0.4, -0.2) is 25.5 Å². The fraction of sp³-hybridized carbons (Fsp3) is 0.222. The van der Waals surface area contributed by atoms with Crippen molar-refractivity contribution in [1.82, 2.24) is 0 Å². The van der Waals surface area contributed by atoms with Gasteiger partial charge in [-0.25, -0.2) is 8.78 Å². The molecule has 2 aromatic carbocycles. The summed E-state index contributed by atoms with van der Waals surface area (Å²) in [6, 6.07) is 7.82. The van der Waals surface area contributed by atoms with Gasteiger partial charge in [0.1, 0.15) is 5.75 Å². The third-order valence-corrected chi connectivity index (χ3v) is 3.98. The topological polar surface area (TPSA) is 58.6 Å². The minimum Gasteiger partial charge on any atom is -0.494 e. The van der Waals surface area contributed by atoms with E-state index in [1.807, 2.05) is 0 Å². The predicted molar refractivity (Wildman–Crippen MR) is 88.9 cm³/mol. The zero-order chi connectivity index (χ0) is 18.0. The molecule has 1 N–H and O–H groups in total. The molecule has 1 saturated heterocycles. The van der Waals surface area contributed by atoms with E-state index < -0.39 is 17.5 Å². The van der Waals surface area contributed by atoms with Gasteiger partial charge in [0.25, 0.3) is 5.91 Å². The Balaban J connectivity index is 1.82. The number of amides is 2. The first-order valence-corrected chi connectivity index (χ1v) is 7.74. The van der Waals surface area contributed by atoms with Gasteiger partial charge in [-0.05, 0) is 36.8 Å². The molecule has 1 heterocycles. The fourth-order valence-corrected chi connectivity index (χ4v) is 2.72. The van der Waals surface area contributed by atoms with Crippen LogP contribution in [0.25, 0.3) is 0 Å². The summed E-state index contributed by atoms with van der Waals surface area (Å²) in [4.78, 5) is 25.7. The number of ether oxygens (including phenoxy) is 1. The molecular formula is C18H16F2N2O3. The second kappa shape index (κ2) is 6.88. The van der Waals surface area contributed by atoms with Gasteiger partial charge in [-0.1, -0.05) is 0 Å². The Morgan fingerprint density at radius 3 is 2.60 bits per heavy atom. The van der Waals surface area contributed by atoms with Crippen LogP contribution in [0.5, 0.6) is 5.75 Å². The van der Waals surface area contributed by atoms with Crippen LogP contribution in [0.4, 0.5) is 20.2 Å². The number of carbonyl (C=O) groups excluding carboxylic acids is 2. The SMILES string of the molecule is COc1cc(NC(=O)c2ccc(F)c(F)c2)ccc1N1CCCC1=O. The highest BCUT2D eigenvalue weighted by Crippen LogP contribution is 2.34. The maximum atomic E-state index is 13.2. The van der Waals surface area contributed by atoms with Crippen molar-refractivity contribution in [2.24, 2.45) is 0 Å². The third-order valence-electron chi connectivity index (χ3n) is 3.98. The summed E-state index contributed by atoms with van der Waals surface area (Å²) in [5, 5.41) is 2.60. The highest BCUT2D eigenvalue weighted by atomic mass is 19.2. The number of anilines is 2. The summed E-state index contributed by atoms with van der Waals surface area (Å²) in [6.45, 7) is 0.621. The van der Waals surface area contributed by atoms with Crippen LogP contribution in [0, 0.1) is 11.6 Å². The number of methoxy groups -OCH3 is 1. The van der Waals surface area contributed by atoms with Crippen molar-refractivity contribution in [3.8, 4) is 5.75 Å². The van der Waals surface area contributed by atoms with Crippen molar-refractivity contribution in [3.05, 3.63) is 53.6 Å². The molecule has 5 nitrogen and oxygen atoms in total. The van der Waals surface area contributed by atoms with Gasteiger partial charge >= 0.3 is 0 Å². The quantitative estimate of drug-likeness (QED) is 0.924. The highest BCUT2D eigenvalue weighted by molar-refractivity contribution is 6.04. The van der Waals surface area contributed by atoms with Crippen LogP contribution < -0.4 is 15.0 Å². The molecule has 7 heteroatoms. The Kier molecular flexibility index (Phi) is 4.65. The minimum atomic E-state index is -1.09. The molecule has 0 bridgehead atoms. The molecule has 3 rings (SSSR count). The van der Waals surface area contributed by atoms with E-state index in [2.05, 4.69) is 5.32 Å². The summed E-state index contributed by atoms with van der Waals surface area (Å²) >= 11 is 0. The fourth-order valence-electron chi connectivity index (χ4n) is 2.72. The lowest BCUT2D eigenvalue weighted by atomic mass is 10.2. The molecule has 0 unspecified atom stereocenters. The van der Waals surface area contributed by atoms with E-state index in [1.165, 1.54) is 13.2 Å². The number of nitrogens with one attached hydrogen (secondary N) is 1. The molecule has 0 aliphatic carbocycles. The van der Waals surface area contributed by atoms with Crippen LogP contribution in [0.2, 0.25) is 0 Å². The van der Waals surface area contributed by atoms with Crippen molar-refractivity contribution in [2.75, 3.05) is 23.9 Å². The largest absolute Gasteiger partial charge is 0.494 e. The van der Waals surface area contributed by atoms with E-state index in [9.17, 15) is 18.4 Å². The molecule has 0 radical (unpaired) electrons. The average molecular weight is 346 g/mol. The molecule has 1 aliphatic heterocycles. The second-order valence-electron chi connectivity index (χ2n) is 5.62. The van der Waals surface area contributed by atoms with Crippen molar-refractivity contribution in [3.63, 3.8) is 0 Å². The summed E-state index contributed by atoms with van der Waals surface area (Å²) < 4.78 is 31.5. The Labute approximate surface area is 143 Å². The summed E-state index contributed by atoms with van der Waals surface area (Å²) in [6.07, 6.45) is 1.29. The molecule has 0 spiro atoms. The van der Waals surface area contributed by atoms with Crippen molar-refractivity contribution in [2.45, 2.75) is 12.8 Å². The Morgan fingerprint density at radius 2 is 1.96 bits per heavy atom. The van der Waals surface area contributed by atoms with Gasteiger partial charge in [-0.15, -0.1) is 0 Å². The Hall–Kier alpha value is -2.96. The minimum absolute atomic E-state index is 0.00309. The normalized spacial score (nSPS) is 13.9. The third kappa shape index (κ3) is 3.45. The number of hydrogen-bond donors (Lipinski definition) is 1. The lowest BCUT2D eigenvalue weighted by molar-refractivity contribution is -0.117. The van der Waals surface area contributed by atoms with E-state index in [-0.39, 0.29) is 11.5 Å². The first-order valence-electron chi connectivity index (χ1n) is 7.74. The number of carbonyl (C=O) groups is 2. The van der Waals surface area contributed by atoms with Crippen molar-refractivity contribution < 1.29 is 23.1 Å². The lowest BCUT2D eigenvalue weighted by Gasteiger charge is -2.19. The van der Waals surface area contributed by atoms with Crippen LogP contribution in [-0.2, 0) is 4.79 Å². The highest BCUT2D eigenvalue weighted by Gasteiger charge is 2.24. The number of hydrogen-bond acceptors (Lipinski definition) is 3. The van der Waals surface area contributed by atoms with Crippen LogP contribution in [0.1, 0.15) is 23.2 Å². The Morgan fingerprint density at radius 1 is 1.16 bits per heavy atom. The number of nitrogens with zero attached hydrogens (tertiary/aromatic N) is 1. The van der Waals surface area contributed by atoms with Gasteiger partial charge < -0.3 is 15.0 Å². The maximum Gasteiger partial charge on any atom is 0.255 e. The zero-order valence-electron chi connectivity index (χ0n) is 13.5. The number of rotatable bonds is 4. The van der Waals surface area contributed by atoms with E-state index >= 15 is 0 Å². The summed E-state index contributed by atoms with van der Waals surface area (Å²) in [5.41, 5.74) is 1.05. The van der Waals surface area contributed by atoms with Gasteiger partial charge in [0.2, 0.25) is 5.91 Å². The number of halogens is 2. The molecule has 130 valence electrons. The smallest absolute Gasteiger partial charge is 0.255 e. The van der Waals surface area contributed by atoms with Crippen LogP contribution in [0.3, 0.4) is 0 Å². The average Bonchev–Trinajstić information content (AvgIpc) is 3.03. The van der Waals surface area contributed by atoms with Gasteiger partial charge in [0.05, 0.1) is 12.8 Å². The molecule has 0 aromatic heterocycles. The second-order valence-corrected chi connectivity index (χ2v) is 5.62. The summed E-state index contributed by atoms with van der Waals surface area (Å²) in [5.74, 6) is -2.22. The monoisotopic (exact) mass is 346 g/mol. The molecule has 2 amide bonds. The van der Waals surface area contributed by atoms with Crippen LogP contribution >= 0.6 is 0 Å². The molecule has 2 aromatic rings. The van der Waals surface area contributed by atoms with Gasteiger partial charge in [0.15, 0.2) is 11.6 Å². The molecule has 25 heavy (non-hydrogen) atoms. The van der Waals surface area contributed by atoms with Gasteiger partial charge in [-0.2, -0.15) is 0 Å². The van der Waals surface area contributed by atoms with Crippen molar-refractivity contribution in [1.29, 1.82) is 0 Å². The van der Waals surface area contributed by atoms with E-state index in [1.54, 1.807) is 23.1 Å². The lowest BCUT2D eigenvalue weighted by Crippen LogP contribution is -2.24. The first-order chi connectivity index (χ1) is 12.0. The molecule has 0 atom stereocenters. The van der Waals surface area contributed by atoms with E-state index in [0.29, 0.717) is 30.1 Å². The first kappa shape index (κ1) is 16.9. The Bertz CT molecular complexity index is 839. The van der Waals surface area contributed by atoms with E-state index in [0.717, 1.165) is 18.6 Å². The van der Waals surface area contributed by atoms with Crippen molar-refractivity contribution >= 4 is 23.2 Å². The van der Waals surface area contributed by atoms with Gasteiger partial charge in [-0.3, -0.25) is 9.59 Å². The van der Waals surface area contributed by atoms with E-state index in [4.69, 9.17) is 4.74 Å². The molecule has 0 saturated carbocycles. The molecule has 1 fully saturated rings. The zero-order valence-corrected chi connectivity index (χ0v) is 13.5. The molecule has 1 aliphatic rings. The van der Waals surface area contributed by atoms with Crippen LogP contribution in [0.15, 0.2) is 36.4 Å². The number of benzene rings is 2. The predicted octanol–water partition coefficient (Wildman–Crippen LogP) is 3.35. The maximum absolute atomic E-state index is 13.2.